The van der Waals surface area contributed by atoms with Crippen LogP contribution in [0.25, 0.3) is 0 Å². The van der Waals surface area contributed by atoms with E-state index in [0.29, 0.717) is 6.42 Å². The Morgan fingerprint density at radius 3 is 2.50 bits per heavy atom. The van der Waals surface area contributed by atoms with Crippen molar-refractivity contribution in [1.29, 1.82) is 0 Å². The van der Waals surface area contributed by atoms with Crippen molar-refractivity contribution < 1.29 is 4.79 Å². The fourth-order valence-electron chi connectivity index (χ4n) is 1.78. The van der Waals surface area contributed by atoms with Crippen LogP contribution < -0.4 is 10.6 Å². The second-order valence-electron chi connectivity index (χ2n) is 4.56. The van der Waals surface area contributed by atoms with Crippen molar-refractivity contribution in [1.82, 2.24) is 5.32 Å². The molecule has 0 aliphatic carbocycles. The van der Waals surface area contributed by atoms with Gasteiger partial charge in [0.25, 0.3) is 0 Å². The van der Waals surface area contributed by atoms with Crippen molar-refractivity contribution in [2.24, 2.45) is 0 Å². The van der Waals surface area contributed by atoms with Crippen LogP contribution in [0.4, 0.5) is 5.69 Å². The molecule has 0 bridgehead atoms. The van der Waals surface area contributed by atoms with Crippen molar-refractivity contribution in [3.63, 3.8) is 0 Å². The summed E-state index contributed by atoms with van der Waals surface area (Å²) in [6.07, 6.45) is 4.99. The molecule has 1 rings (SSSR count). The van der Waals surface area contributed by atoms with Gasteiger partial charge in [-0.2, -0.15) is 0 Å². The fourth-order valence-corrected chi connectivity index (χ4v) is 1.78. The fraction of sp³-hybridized carbons (Fsp3) is 0.533. The van der Waals surface area contributed by atoms with Crippen LogP contribution in [0.1, 0.15) is 38.2 Å². The van der Waals surface area contributed by atoms with Gasteiger partial charge in [-0.3, -0.25) is 4.79 Å². The van der Waals surface area contributed by atoms with Gasteiger partial charge in [0, 0.05) is 12.1 Å². The summed E-state index contributed by atoms with van der Waals surface area (Å²) in [6.45, 7) is 3.07. The predicted octanol–water partition coefficient (Wildman–Crippen LogP) is 2.97. The number of amides is 1. The van der Waals surface area contributed by atoms with E-state index in [1.54, 1.807) is 0 Å². The zero-order valence-corrected chi connectivity index (χ0v) is 11.5. The molecule has 0 atom stereocenters. The van der Waals surface area contributed by atoms with Gasteiger partial charge in [-0.1, -0.05) is 25.5 Å². The molecule has 3 nitrogen and oxygen atoms in total. The third-order valence-corrected chi connectivity index (χ3v) is 2.89. The van der Waals surface area contributed by atoms with Crippen molar-refractivity contribution in [3.05, 3.63) is 29.8 Å². The SMILES string of the molecule is CCCCc1ccc(NC(=O)CCCNC)cc1. The van der Waals surface area contributed by atoms with Crippen LogP contribution in [0, 0.1) is 0 Å². The summed E-state index contributed by atoms with van der Waals surface area (Å²) in [5.74, 6) is 0.0894. The van der Waals surface area contributed by atoms with Gasteiger partial charge in [-0.15, -0.1) is 0 Å². The van der Waals surface area contributed by atoms with E-state index in [1.807, 2.05) is 19.2 Å². The number of unbranched alkanes of at least 4 members (excludes halogenated alkanes) is 1. The molecule has 0 saturated heterocycles. The van der Waals surface area contributed by atoms with Crippen molar-refractivity contribution in [3.8, 4) is 0 Å². The molecular weight excluding hydrogens is 224 g/mol. The molecule has 18 heavy (non-hydrogen) atoms. The topological polar surface area (TPSA) is 41.1 Å². The Balaban J connectivity index is 2.35. The highest BCUT2D eigenvalue weighted by Crippen LogP contribution is 2.12. The van der Waals surface area contributed by atoms with E-state index in [9.17, 15) is 4.79 Å². The summed E-state index contributed by atoms with van der Waals surface area (Å²) in [4.78, 5) is 11.6. The van der Waals surface area contributed by atoms with Gasteiger partial charge in [-0.05, 0) is 50.6 Å². The van der Waals surface area contributed by atoms with E-state index < -0.39 is 0 Å². The maximum atomic E-state index is 11.6. The van der Waals surface area contributed by atoms with E-state index in [0.717, 1.165) is 25.1 Å². The minimum absolute atomic E-state index is 0.0894. The Hall–Kier alpha value is -1.35. The molecular formula is C15H24N2O. The quantitative estimate of drug-likeness (QED) is 0.694. The number of rotatable bonds is 8. The van der Waals surface area contributed by atoms with Crippen LogP contribution in [0.3, 0.4) is 0 Å². The van der Waals surface area contributed by atoms with Crippen molar-refractivity contribution >= 4 is 11.6 Å². The lowest BCUT2D eigenvalue weighted by molar-refractivity contribution is -0.116. The normalized spacial score (nSPS) is 10.3. The van der Waals surface area contributed by atoms with Crippen LogP contribution in [0.5, 0.6) is 0 Å². The molecule has 0 unspecified atom stereocenters. The molecule has 0 fully saturated rings. The zero-order valence-electron chi connectivity index (χ0n) is 11.5. The van der Waals surface area contributed by atoms with Crippen molar-refractivity contribution in [2.45, 2.75) is 39.0 Å². The molecule has 1 aromatic rings. The van der Waals surface area contributed by atoms with Gasteiger partial charge < -0.3 is 10.6 Å². The first-order valence-corrected chi connectivity index (χ1v) is 6.79. The van der Waals surface area contributed by atoms with Gasteiger partial charge in [0.05, 0.1) is 0 Å². The van der Waals surface area contributed by atoms with Crippen LogP contribution in [-0.4, -0.2) is 19.5 Å². The first-order valence-electron chi connectivity index (χ1n) is 6.79. The Morgan fingerprint density at radius 1 is 1.17 bits per heavy atom. The highest BCUT2D eigenvalue weighted by atomic mass is 16.1. The van der Waals surface area contributed by atoms with Crippen molar-refractivity contribution in [2.75, 3.05) is 18.9 Å². The van der Waals surface area contributed by atoms with Gasteiger partial charge in [0.15, 0.2) is 0 Å². The molecule has 1 amide bonds. The number of hydrogen-bond donors (Lipinski definition) is 2. The molecule has 0 heterocycles. The number of hydrogen-bond acceptors (Lipinski definition) is 2. The van der Waals surface area contributed by atoms with Crippen LogP contribution >= 0.6 is 0 Å². The van der Waals surface area contributed by atoms with E-state index >= 15 is 0 Å². The molecule has 0 spiro atoms. The molecule has 100 valence electrons. The van der Waals surface area contributed by atoms with E-state index in [-0.39, 0.29) is 5.91 Å². The number of carbonyl (C=O) groups is 1. The lowest BCUT2D eigenvalue weighted by atomic mass is 10.1. The second-order valence-corrected chi connectivity index (χ2v) is 4.56. The van der Waals surface area contributed by atoms with Gasteiger partial charge in [0.2, 0.25) is 5.91 Å². The Bertz CT molecular complexity index is 346. The summed E-state index contributed by atoms with van der Waals surface area (Å²) < 4.78 is 0. The highest BCUT2D eigenvalue weighted by molar-refractivity contribution is 5.90. The second kappa shape index (κ2) is 8.70. The molecule has 0 aliphatic rings. The summed E-state index contributed by atoms with van der Waals surface area (Å²) in [6, 6.07) is 8.17. The molecule has 3 heteroatoms. The smallest absolute Gasteiger partial charge is 0.224 e. The Labute approximate surface area is 110 Å². The average Bonchev–Trinajstić information content (AvgIpc) is 2.38. The Morgan fingerprint density at radius 2 is 1.89 bits per heavy atom. The largest absolute Gasteiger partial charge is 0.326 e. The predicted molar refractivity (Wildman–Crippen MR) is 76.8 cm³/mol. The lowest BCUT2D eigenvalue weighted by Crippen LogP contribution is -2.15. The average molecular weight is 248 g/mol. The zero-order chi connectivity index (χ0) is 13.2. The lowest BCUT2D eigenvalue weighted by Gasteiger charge is -2.06. The highest BCUT2D eigenvalue weighted by Gasteiger charge is 2.01. The molecule has 1 aromatic carbocycles. The van der Waals surface area contributed by atoms with Crippen LogP contribution in [0.15, 0.2) is 24.3 Å². The minimum Gasteiger partial charge on any atom is -0.326 e. The maximum Gasteiger partial charge on any atom is 0.224 e. The van der Waals surface area contributed by atoms with E-state index in [2.05, 4.69) is 29.7 Å². The summed E-state index contributed by atoms with van der Waals surface area (Å²) in [5, 5.41) is 5.95. The summed E-state index contributed by atoms with van der Waals surface area (Å²) in [7, 11) is 1.90. The maximum absolute atomic E-state index is 11.6. The monoisotopic (exact) mass is 248 g/mol. The minimum atomic E-state index is 0.0894. The number of benzene rings is 1. The Kier molecular flexibility index (Phi) is 7.11. The van der Waals surface area contributed by atoms with Gasteiger partial charge in [0.1, 0.15) is 0 Å². The van der Waals surface area contributed by atoms with E-state index in [1.165, 1.54) is 18.4 Å². The number of anilines is 1. The molecule has 0 saturated carbocycles. The molecule has 2 N–H and O–H groups in total. The number of aryl methyl sites for hydroxylation is 1. The van der Waals surface area contributed by atoms with Crippen LogP contribution in [-0.2, 0) is 11.2 Å². The van der Waals surface area contributed by atoms with E-state index in [4.69, 9.17) is 0 Å². The van der Waals surface area contributed by atoms with Crippen LogP contribution in [0.2, 0.25) is 0 Å². The first-order chi connectivity index (χ1) is 8.76. The number of nitrogens with one attached hydrogen (secondary N) is 2. The molecule has 0 radical (unpaired) electrons. The summed E-state index contributed by atoms with van der Waals surface area (Å²) in [5.41, 5.74) is 2.23. The van der Waals surface area contributed by atoms with Gasteiger partial charge in [-0.25, -0.2) is 0 Å². The van der Waals surface area contributed by atoms with Gasteiger partial charge >= 0.3 is 0 Å². The summed E-state index contributed by atoms with van der Waals surface area (Å²) >= 11 is 0. The third kappa shape index (κ3) is 5.82. The first kappa shape index (κ1) is 14.7. The molecule has 0 aliphatic heterocycles. The standard InChI is InChI=1S/C15H24N2O/c1-3-4-6-13-8-10-14(11-9-13)17-15(18)7-5-12-16-2/h8-11,16H,3-7,12H2,1-2H3,(H,17,18). The number of carbonyl (C=O) groups excluding carboxylic acids is 1. The third-order valence-electron chi connectivity index (χ3n) is 2.89. The molecule has 0 aromatic heterocycles.